The van der Waals surface area contributed by atoms with E-state index in [1.54, 1.807) is 48.5 Å². The van der Waals surface area contributed by atoms with Crippen molar-refractivity contribution >= 4 is 43.6 Å². The molecule has 0 unspecified atom stereocenters. The Morgan fingerprint density at radius 2 is 0.870 bits per heavy atom. The molecule has 8 aromatic rings. The van der Waals surface area contributed by atoms with Crippen LogP contribution >= 0.6 is 0 Å². The van der Waals surface area contributed by atoms with Crippen LogP contribution in [0.15, 0.2) is 103 Å². The van der Waals surface area contributed by atoms with Crippen molar-refractivity contribution in [3.63, 3.8) is 0 Å². The van der Waals surface area contributed by atoms with Crippen LogP contribution in [0.5, 0.6) is 0 Å². The second-order valence-electron chi connectivity index (χ2n) is 15.9. The van der Waals surface area contributed by atoms with Crippen molar-refractivity contribution < 1.29 is 30.7 Å². The van der Waals surface area contributed by atoms with Gasteiger partial charge in [0, 0.05) is 27.1 Å². The Hall–Kier alpha value is -5.57. The summed E-state index contributed by atoms with van der Waals surface area (Å²) in [6, 6.07) is 27.9. The summed E-state index contributed by atoms with van der Waals surface area (Å²) in [5, 5.41) is 2.73. The largest absolute Gasteiger partial charge is 0.420 e. The molecule has 0 amide bonds. The van der Waals surface area contributed by atoms with E-state index in [0.29, 0.717) is 49.7 Å². The van der Waals surface area contributed by atoms with E-state index in [4.69, 9.17) is 0 Å². The summed E-state index contributed by atoms with van der Waals surface area (Å²) in [4.78, 5) is 0. The van der Waals surface area contributed by atoms with Gasteiger partial charge in [-0.15, -0.1) is 0 Å². The number of hydrogen-bond acceptors (Lipinski definition) is 0. The zero-order valence-corrected chi connectivity index (χ0v) is 30.4. The average molecular weight is 737 g/mol. The van der Waals surface area contributed by atoms with Crippen molar-refractivity contribution in [2.75, 3.05) is 0 Å². The molecule has 0 fully saturated rings. The average Bonchev–Trinajstić information content (AvgIpc) is 3.62. The molecule has 2 aromatic heterocycles. The highest BCUT2D eigenvalue weighted by Gasteiger charge is 2.40. The summed E-state index contributed by atoms with van der Waals surface area (Å²) < 4.78 is 111. The summed E-state index contributed by atoms with van der Waals surface area (Å²) >= 11 is 0. The van der Waals surface area contributed by atoms with Gasteiger partial charge in [-0.2, -0.15) is 13.2 Å². The van der Waals surface area contributed by atoms with Gasteiger partial charge in [-0.3, -0.25) is 0 Å². The molecule has 0 aliphatic rings. The third-order valence-electron chi connectivity index (χ3n) is 10.4. The molecule has 8 rings (SSSR count). The number of nitrogens with zero attached hydrogens (tertiary/aromatic N) is 2. The van der Waals surface area contributed by atoms with E-state index in [2.05, 4.69) is 0 Å². The molecule has 0 saturated carbocycles. The van der Waals surface area contributed by atoms with Gasteiger partial charge in [0.1, 0.15) is 5.56 Å². The highest BCUT2D eigenvalue weighted by molar-refractivity contribution is 6.11. The Bertz CT molecular complexity index is 2670. The number of benzene rings is 6. The standard InChI is InChI=1S/C45H35F7N2/c1-43(2,3)25-15-17-35-30(21-25)27-11-7-9-13-33(27)53(35)37-19-24(29-23-32(46)41(48)42(49)40(29)47)20-38(39(37)45(50,51)52)54-34-14-10-8-12-28(34)31-22-26(44(4,5)6)16-18-36(31)54/h7-23H,1-6H3. The molecule has 0 atom stereocenters. The van der Waals surface area contributed by atoms with E-state index in [-0.39, 0.29) is 16.4 Å². The molecule has 0 aliphatic heterocycles. The van der Waals surface area contributed by atoms with Crippen LogP contribution in [0, 0.1) is 23.3 Å². The number of aromatic nitrogens is 2. The van der Waals surface area contributed by atoms with Crippen LogP contribution in [0.1, 0.15) is 58.2 Å². The maximum absolute atomic E-state index is 16.1. The quantitative estimate of drug-likeness (QED) is 0.0971. The summed E-state index contributed by atoms with van der Waals surface area (Å²) in [6.07, 6.45) is -5.01. The van der Waals surface area contributed by atoms with Crippen molar-refractivity contribution in [3.8, 4) is 22.5 Å². The predicted molar refractivity (Wildman–Crippen MR) is 203 cm³/mol. The molecule has 0 bridgehead atoms. The van der Waals surface area contributed by atoms with Gasteiger partial charge in [0.25, 0.3) is 0 Å². The van der Waals surface area contributed by atoms with Crippen LogP contribution in [-0.4, -0.2) is 9.13 Å². The molecule has 0 radical (unpaired) electrons. The van der Waals surface area contributed by atoms with Gasteiger partial charge in [-0.05, 0) is 82.1 Å². The van der Waals surface area contributed by atoms with Crippen molar-refractivity contribution in [1.82, 2.24) is 9.13 Å². The summed E-state index contributed by atoms with van der Waals surface area (Å²) in [7, 11) is 0. The van der Waals surface area contributed by atoms with E-state index in [0.717, 1.165) is 23.3 Å². The molecule has 2 nitrogen and oxygen atoms in total. The van der Waals surface area contributed by atoms with E-state index < -0.39 is 51.9 Å². The molecule has 6 aromatic carbocycles. The monoisotopic (exact) mass is 736 g/mol. The summed E-state index contributed by atoms with van der Waals surface area (Å²) in [5.74, 6) is -7.48. The minimum atomic E-state index is -5.01. The number of alkyl halides is 3. The van der Waals surface area contributed by atoms with Crippen molar-refractivity contribution in [2.45, 2.75) is 58.5 Å². The van der Waals surface area contributed by atoms with Gasteiger partial charge in [-0.25, -0.2) is 17.6 Å². The Labute approximate surface area is 307 Å². The summed E-state index contributed by atoms with van der Waals surface area (Å²) in [5.41, 5.74) is 0.245. The molecule has 0 N–H and O–H groups in total. The molecular formula is C45H35F7N2. The van der Waals surface area contributed by atoms with E-state index in [9.17, 15) is 13.2 Å². The van der Waals surface area contributed by atoms with Gasteiger partial charge in [0.2, 0.25) is 0 Å². The molecule has 0 saturated heterocycles. The third-order valence-corrected chi connectivity index (χ3v) is 10.4. The first-order valence-corrected chi connectivity index (χ1v) is 17.5. The number of rotatable bonds is 3. The van der Waals surface area contributed by atoms with Gasteiger partial charge < -0.3 is 9.13 Å². The second-order valence-corrected chi connectivity index (χ2v) is 15.9. The van der Waals surface area contributed by atoms with Gasteiger partial charge in [0.05, 0.1) is 33.4 Å². The normalized spacial score (nSPS) is 12.9. The van der Waals surface area contributed by atoms with Crippen molar-refractivity contribution in [1.29, 1.82) is 0 Å². The first-order valence-electron chi connectivity index (χ1n) is 17.5. The summed E-state index contributed by atoms with van der Waals surface area (Å²) in [6.45, 7) is 12.2. The lowest BCUT2D eigenvalue weighted by atomic mass is 9.86. The minimum absolute atomic E-state index is 0.279. The first kappa shape index (κ1) is 35.5. The van der Waals surface area contributed by atoms with Crippen LogP contribution in [0.4, 0.5) is 30.7 Å². The lowest BCUT2D eigenvalue weighted by Crippen LogP contribution is -2.16. The Morgan fingerprint density at radius 1 is 0.444 bits per heavy atom. The number of para-hydroxylation sites is 2. The zero-order valence-electron chi connectivity index (χ0n) is 30.4. The Kier molecular flexibility index (Phi) is 7.86. The third kappa shape index (κ3) is 5.46. The molecular weight excluding hydrogens is 701 g/mol. The fourth-order valence-corrected chi connectivity index (χ4v) is 7.59. The second kappa shape index (κ2) is 12.0. The Balaban J connectivity index is 1.59. The smallest absolute Gasteiger partial charge is 0.309 e. The Morgan fingerprint density at radius 3 is 1.30 bits per heavy atom. The van der Waals surface area contributed by atoms with Crippen LogP contribution in [0.25, 0.3) is 66.1 Å². The minimum Gasteiger partial charge on any atom is -0.309 e. The zero-order chi connectivity index (χ0) is 38.6. The SMILES string of the molecule is CC(C)(C)c1ccc2c(c1)c1ccccc1n2-c1cc(-c2cc(F)c(F)c(F)c2F)cc(-n2c3ccccc3c3cc(C(C)(C)C)ccc32)c1C(F)(F)F. The maximum atomic E-state index is 16.1. The lowest BCUT2D eigenvalue weighted by Gasteiger charge is -2.24. The highest BCUT2D eigenvalue weighted by Crippen LogP contribution is 2.47. The van der Waals surface area contributed by atoms with E-state index >= 15 is 17.6 Å². The van der Waals surface area contributed by atoms with Crippen LogP contribution < -0.4 is 0 Å². The van der Waals surface area contributed by atoms with Gasteiger partial charge >= 0.3 is 6.18 Å². The first-order chi connectivity index (χ1) is 25.4. The van der Waals surface area contributed by atoms with Crippen molar-refractivity contribution in [3.05, 3.63) is 143 Å². The topological polar surface area (TPSA) is 9.86 Å². The number of fused-ring (bicyclic) bond motifs is 6. The van der Waals surface area contributed by atoms with E-state index in [1.165, 1.54) is 9.13 Å². The lowest BCUT2D eigenvalue weighted by molar-refractivity contribution is -0.137. The van der Waals surface area contributed by atoms with Crippen molar-refractivity contribution in [2.24, 2.45) is 0 Å². The molecule has 274 valence electrons. The molecule has 2 heterocycles. The fraction of sp³-hybridized carbons (Fsp3) is 0.200. The number of halogens is 7. The molecule has 0 aliphatic carbocycles. The molecule has 54 heavy (non-hydrogen) atoms. The van der Waals surface area contributed by atoms with Crippen LogP contribution in [-0.2, 0) is 17.0 Å². The maximum Gasteiger partial charge on any atom is 0.420 e. The molecule has 9 heteroatoms. The van der Waals surface area contributed by atoms with Gasteiger partial charge in [0.15, 0.2) is 23.3 Å². The van der Waals surface area contributed by atoms with E-state index in [1.807, 2.05) is 77.9 Å². The van der Waals surface area contributed by atoms with Crippen LogP contribution in [0.3, 0.4) is 0 Å². The predicted octanol–water partition coefficient (Wildman–Crippen LogP) is 13.7. The fourth-order valence-electron chi connectivity index (χ4n) is 7.59. The van der Waals surface area contributed by atoms with Crippen LogP contribution in [0.2, 0.25) is 0 Å². The number of hydrogen-bond donors (Lipinski definition) is 0. The molecule has 0 spiro atoms. The highest BCUT2D eigenvalue weighted by atomic mass is 19.4. The van der Waals surface area contributed by atoms with Gasteiger partial charge in [-0.1, -0.05) is 90.1 Å².